The number of ether oxygens (including phenoxy) is 1. The normalized spacial score (nSPS) is 21.0. The van der Waals surface area contributed by atoms with E-state index in [9.17, 15) is 4.79 Å². The molecule has 1 atom stereocenters. The van der Waals surface area contributed by atoms with Crippen molar-refractivity contribution in [2.45, 2.75) is 69.4 Å². The molecule has 1 saturated carbocycles. The second-order valence-electron chi connectivity index (χ2n) is 9.64. The van der Waals surface area contributed by atoms with Gasteiger partial charge in [-0.3, -0.25) is 4.40 Å². The van der Waals surface area contributed by atoms with Crippen LogP contribution in [-0.2, 0) is 4.74 Å². The first-order chi connectivity index (χ1) is 14.8. The van der Waals surface area contributed by atoms with Gasteiger partial charge in [0.15, 0.2) is 5.65 Å². The highest BCUT2D eigenvalue weighted by Gasteiger charge is 2.46. The highest BCUT2D eigenvalue weighted by Crippen LogP contribution is 2.47. The van der Waals surface area contributed by atoms with Crippen molar-refractivity contribution in [1.29, 1.82) is 0 Å². The van der Waals surface area contributed by atoms with E-state index in [0.29, 0.717) is 6.54 Å². The van der Waals surface area contributed by atoms with E-state index in [0.717, 1.165) is 54.6 Å². The Morgan fingerprint density at radius 1 is 1.32 bits per heavy atom. The minimum absolute atomic E-state index is 0.0327. The molecule has 4 rings (SSSR count). The number of anilines is 1. The molecule has 2 fully saturated rings. The maximum atomic E-state index is 12.6. The number of carbonyl (C=O) groups excluding carboxylic acids is 1. The van der Waals surface area contributed by atoms with E-state index >= 15 is 0 Å². The van der Waals surface area contributed by atoms with Crippen LogP contribution in [0.2, 0.25) is 0 Å². The average Bonchev–Trinajstić information content (AvgIpc) is 3.37. The zero-order valence-electron chi connectivity index (χ0n) is 18.8. The van der Waals surface area contributed by atoms with Gasteiger partial charge in [-0.15, -0.1) is 11.8 Å². The standard InChI is InChI=1S/C22H34N6O2S/c1-21(2,3)30-20(29)26-17-15-27(11-8-22(17)6-4-5-7-22)19-25-14-16(31-13-9-23)18-24-10-12-28(18)19/h10,12,14,17H,4-9,11,13,15,23H2,1-3H3,(H,26,29). The fourth-order valence-corrected chi connectivity index (χ4v) is 5.68. The molecule has 1 unspecified atom stereocenters. The molecule has 31 heavy (non-hydrogen) atoms. The number of amides is 1. The summed E-state index contributed by atoms with van der Waals surface area (Å²) >= 11 is 1.68. The fraction of sp³-hybridized carbons (Fsp3) is 0.682. The minimum atomic E-state index is -0.511. The summed E-state index contributed by atoms with van der Waals surface area (Å²) in [6.07, 6.45) is 11.1. The first kappa shape index (κ1) is 22.2. The minimum Gasteiger partial charge on any atom is -0.444 e. The molecule has 1 spiro atoms. The number of thioether (sulfide) groups is 1. The van der Waals surface area contributed by atoms with Crippen LogP contribution in [-0.4, -0.2) is 57.5 Å². The van der Waals surface area contributed by atoms with Crippen LogP contribution in [0.25, 0.3) is 5.65 Å². The topological polar surface area (TPSA) is 97.8 Å². The molecule has 170 valence electrons. The number of nitrogens with zero attached hydrogens (tertiary/aromatic N) is 4. The van der Waals surface area contributed by atoms with E-state index < -0.39 is 5.60 Å². The van der Waals surface area contributed by atoms with Gasteiger partial charge in [-0.25, -0.2) is 14.8 Å². The summed E-state index contributed by atoms with van der Waals surface area (Å²) in [6.45, 7) is 7.95. The van der Waals surface area contributed by atoms with Crippen molar-refractivity contribution < 1.29 is 9.53 Å². The predicted molar refractivity (Wildman–Crippen MR) is 124 cm³/mol. The van der Waals surface area contributed by atoms with E-state index in [-0.39, 0.29) is 17.6 Å². The molecule has 1 aliphatic heterocycles. The maximum Gasteiger partial charge on any atom is 0.407 e. The summed E-state index contributed by atoms with van der Waals surface area (Å²) in [5.41, 5.74) is 6.22. The van der Waals surface area contributed by atoms with Crippen LogP contribution in [0.5, 0.6) is 0 Å². The van der Waals surface area contributed by atoms with E-state index in [1.165, 1.54) is 12.8 Å². The van der Waals surface area contributed by atoms with Crippen LogP contribution in [0.15, 0.2) is 23.5 Å². The Balaban J connectivity index is 1.58. The van der Waals surface area contributed by atoms with Crippen molar-refractivity contribution in [2.24, 2.45) is 11.1 Å². The molecule has 3 heterocycles. The van der Waals surface area contributed by atoms with Crippen molar-refractivity contribution >= 4 is 29.5 Å². The molecule has 0 aromatic carbocycles. The van der Waals surface area contributed by atoms with Crippen LogP contribution in [0.1, 0.15) is 52.9 Å². The van der Waals surface area contributed by atoms with Gasteiger partial charge in [0.1, 0.15) is 5.60 Å². The molecular weight excluding hydrogens is 412 g/mol. The summed E-state index contributed by atoms with van der Waals surface area (Å²) in [4.78, 5) is 25.3. The summed E-state index contributed by atoms with van der Waals surface area (Å²) in [7, 11) is 0. The number of carbonyl (C=O) groups is 1. The van der Waals surface area contributed by atoms with Gasteiger partial charge >= 0.3 is 6.09 Å². The quantitative estimate of drug-likeness (QED) is 0.679. The van der Waals surface area contributed by atoms with Crippen LogP contribution >= 0.6 is 11.8 Å². The number of hydrogen-bond acceptors (Lipinski definition) is 7. The molecule has 0 radical (unpaired) electrons. The average molecular weight is 447 g/mol. The Labute approximate surface area is 188 Å². The number of nitrogens with one attached hydrogen (secondary N) is 1. The van der Waals surface area contributed by atoms with Gasteiger partial charge in [-0.1, -0.05) is 12.8 Å². The lowest BCUT2D eigenvalue weighted by atomic mass is 9.73. The van der Waals surface area contributed by atoms with Crippen LogP contribution in [0, 0.1) is 5.41 Å². The number of rotatable bonds is 5. The van der Waals surface area contributed by atoms with Gasteiger partial charge in [-0.2, -0.15) is 0 Å². The summed E-state index contributed by atoms with van der Waals surface area (Å²) < 4.78 is 7.63. The molecule has 3 N–H and O–H groups in total. The summed E-state index contributed by atoms with van der Waals surface area (Å²) in [6, 6.07) is 0.0327. The fourth-order valence-electron chi connectivity index (χ4n) is 4.93. The SMILES string of the molecule is CC(C)(C)OC(=O)NC1CN(c2ncc(SCCN)c3nccn23)CCC12CCCC2. The molecule has 1 saturated heterocycles. The number of alkyl carbamates (subject to hydrolysis) is 1. The van der Waals surface area contributed by atoms with E-state index in [1.54, 1.807) is 11.8 Å². The molecular formula is C22H34N6O2S. The summed E-state index contributed by atoms with van der Waals surface area (Å²) in [5, 5.41) is 3.22. The van der Waals surface area contributed by atoms with Crippen molar-refractivity contribution in [3.8, 4) is 0 Å². The van der Waals surface area contributed by atoms with Crippen molar-refractivity contribution in [1.82, 2.24) is 19.7 Å². The first-order valence-electron chi connectivity index (χ1n) is 11.2. The molecule has 0 bridgehead atoms. The monoisotopic (exact) mass is 446 g/mol. The van der Waals surface area contributed by atoms with Crippen LogP contribution in [0.4, 0.5) is 10.7 Å². The Kier molecular flexibility index (Phi) is 6.35. The van der Waals surface area contributed by atoms with Gasteiger partial charge in [0.25, 0.3) is 0 Å². The first-order valence-corrected chi connectivity index (χ1v) is 12.2. The Hall–Kier alpha value is -2.00. The van der Waals surface area contributed by atoms with Gasteiger partial charge in [0, 0.05) is 44.0 Å². The van der Waals surface area contributed by atoms with E-state index in [1.807, 2.05) is 39.4 Å². The Morgan fingerprint density at radius 2 is 2.10 bits per heavy atom. The number of nitrogens with two attached hydrogens (primary N) is 1. The van der Waals surface area contributed by atoms with E-state index in [2.05, 4.69) is 19.6 Å². The number of piperidine rings is 1. The van der Waals surface area contributed by atoms with Crippen molar-refractivity contribution in [3.63, 3.8) is 0 Å². The third-order valence-electron chi connectivity index (χ3n) is 6.34. The molecule has 2 aliphatic rings. The lowest BCUT2D eigenvalue weighted by molar-refractivity contribution is 0.0420. The highest BCUT2D eigenvalue weighted by molar-refractivity contribution is 7.99. The number of fused-ring (bicyclic) bond motifs is 1. The second-order valence-corrected chi connectivity index (χ2v) is 10.8. The molecule has 8 nitrogen and oxygen atoms in total. The zero-order valence-corrected chi connectivity index (χ0v) is 19.6. The third-order valence-corrected chi connectivity index (χ3v) is 7.38. The van der Waals surface area contributed by atoms with Gasteiger partial charge in [0.05, 0.1) is 10.9 Å². The summed E-state index contributed by atoms with van der Waals surface area (Å²) in [5.74, 6) is 1.70. The molecule has 1 amide bonds. The smallest absolute Gasteiger partial charge is 0.407 e. The second kappa shape index (κ2) is 8.86. The number of hydrogen-bond donors (Lipinski definition) is 2. The molecule has 2 aromatic heterocycles. The highest BCUT2D eigenvalue weighted by atomic mass is 32.2. The molecule has 2 aromatic rings. The predicted octanol–water partition coefficient (Wildman–Crippen LogP) is 3.44. The molecule has 1 aliphatic carbocycles. The lowest BCUT2D eigenvalue weighted by Crippen LogP contribution is -2.58. The molecule has 9 heteroatoms. The van der Waals surface area contributed by atoms with Gasteiger partial charge in [-0.05, 0) is 45.4 Å². The third kappa shape index (κ3) is 4.77. The lowest BCUT2D eigenvalue weighted by Gasteiger charge is -2.46. The van der Waals surface area contributed by atoms with Gasteiger partial charge < -0.3 is 20.7 Å². The Bertz CT molecular complexity index is 918. The zero-order chi connectivity index (χ0) is 22.1. The largest absolute Gasteiger partial charge is 0.444 e. The van der Waals surface area contributed by atoms with Crippen molar-refractivity contribution in [2.75, 3.05) is 30.3 Å². The number of aromatic nitrogens is 3. The maximum absolute atomic E-state index is 12.6. The van der Waals surface area contributed by atoms with E-state index in [4.69, 9.17) is 15.5 Å². The van der Waals surface area contributed by atoms with Crippen molar-refractivity contribution in [3.05, 3.63) is 18.6 Å². The van der Waals surface area contributed by atoms with Crippen LogP contribution < -0.4 is 16.0 Å². The number of imidazole rings is 1. The van der Waals surface area contributed by atoms with Crippen LogP contribution in [0.3, 0.4) is 0 Å². The Morgan fingerprint density at radius 3 is 2.81 bits per heavy atom. The van der Waals surface area contributed by atoms with Gasteiger partial charge in [0.2, 0.25) is 5.95 Å².